The average molecular weight is 276 g/mol. The van der Waals surface area contributed by atoms with Gasteiger partial charge >= 0.3 is 0 Å². The summed E-state index contributed by atoms with van der Waals surface area (Å²) in [6.07, 6.45) is 0. The Bertz CT molecular complexity index is 542. The summed E-state index contributed by atoms with van der Waals surface area (Å²) in [5, 5.41) is 0. The molecule has 0 spiro atoms. The minimum absolute atomic E-state index is 0.0435. The van der Waals surface area contributed by atoms with E-state index in [0.29, 0.717) is 24.3 Å². The molecule has 1 fully saturated rings. The van der Waals surface area contributed by atoms with Crippen LogP contribution in [0.4, 0.5) is 11.4 Å². The number of nitrogen functional groups attached to an aromatic ring is 1. The second kappa shape index (κ2) is 5.40. The third-order valence-electron chi connectivity index (χ3n) is 3.46. The lowest BCUT2D eigenvalue weighted by Gasteiger charge is -2.34. The third-order valence-corrected chi connectivity index (χ3v) is 3.46. The predicted octanol–water partition coefficient (Wildman–Crippen LogP) is 0.249. The largest absolute Gasteiger partial charge is 0.399 e. The number of hydrogen-bond donors (Lipinski definition) is 1. The first kappa shape index (κ1) is 14.2. The van der Waals surface area contributed by atoms with Crippen LogP contribution in [0.15, 0.2) is 18.2 Å². The van der Waals surface area contributed by atoms with Crippen LogP contribution in [0.1, 0.15) is 10.4 Å². The summed E-state index contributed by atoms with van der Waals surface area (Å²) >= 11 is 0. The highest BCUT2D eigenvalue weighted by atomic mass is 16.2. The highest BCUT2D eigenvalue weighted by molar-refractivity contribution is 6.01. The molecule has 1 aromatic carbocycles. The molecule has 0 unspecified atom stereocenters. The maximum absolute atomic E-state index is 12.2. The van der Waals surface area contributed by atoms with Gasteiger partial charge in [0.1, 0.15) is 0 Å². The summed E-state index contributed by atoms with van der Waals surface area (Å²) in [5.74, 6) is -0.0479. The molecule has 2 N–H and O–H groups in total. The molecule has 20 heavy (non-hydrogen) atoms. The summed E-state index contributed by atoms with van der Waals surface area (Å²) in [6.45, 7) is 1.61. The first-order valence-electron chi connectivity index (χ1n) is 6.50. The van der Waals surface area contributed by atoms with Crippen molar-refractivity contribution in [3.8, 4) is 0 Å². The van der Waals surface area contributed by atoms with Crippen molar-refractivity contribution in [2.45, 2.75) is 0 Å². The normalized spacial score (nSPS) is 15.4. The molecule has 1 aromatic rings. The molecule has 6 heteroatoms. The topological polar surface area (TPSA) is 69.9 Å². The maximum atomic E-state index is 12.2. The van der Waals surface area contributed by atoms with E-state index in [9.17, 15) is 9.59 Å². The van der Waals surface area contributed by atoms with Crippen molar-refractivity contribution in [3.05, 3.63) is 23.8 Å². The van der Waals surface area contributed by atoms with Gasteiger partial charge in [-0.05, 0) is 18.2 Å². The number of carbonyl (C=O) groups is 2. The number of carbonyl (C=O) groups excluding carboxylic acids is 2. The number of benzene rings is 1. The van der Waals surface area contributed by atoms with E-state index in [2.05, 4.69) is 0 Å². The zero-order valence-electron chi connectivity index (χ0n) is 12.1. The van der Waals surface area contributed by atoms with Crippen LogP contribution in [0.2, 0.25) is 0 Å². The number of nitrogens with two attached hydrogens (primary N) is 1. The molecule has 0 aromatic heterocycles. The van der Waals surface area contributed by atoms with Gasteiger partial charge in [-0.3, -0.25) is 9.59 Å². The van der Waals surface area contributed by atoms with Crippen LogP contribution in [-0.4, -0.2) is 62.4 Å². The Balaban J connectivity index is 2.37. The van der Waals surface area contributed by atoms with Gasteiger partial charge < -0.3 is 20.4 Å². The van der Waals surface area contributed by atoms with Gasteiger partial charge in [0.05, 0.1) is 17.8 Å². The number of anilines is 2. The summed E-state index contributed by atoms with van der Waals surface area (Å²) < 4.78 is 0. The number of hydrogen-bond acceptors (Lipinski definition) is 4. The maximum Gasteiger partial charge on any atom is 0.255 e. The van der Waals surface area contributed by atoms with Crippen molar-refractivity contribution in [1.82, 2.24) is 9.80 Å². The molecule has 1 aliphatic rings. The molecular formula is C14H20N4O2. The van der Waals surface area contributed by atoms with Crippen molar-refractivity contribution in [3.63, 3.8) is 0 Å². The van der Waals surface area contributed by atoms with Crippen LogP contribution in [0.25, 0.3) is 0 Å². The standard InChI is InChI=1S/C14H20N4O2/c1-16(2)14(20)11-5-4-10(15)8-12(11)18-7-6-17(3)13(19)9-18/h4-5,8H,6-7,9,15H2,1-3H3. The van der Waals surface area contributed by atoms with Gasteiger partial charge in [-0.2, -0.15) is 0 Å². The van der Waals surface area contributed by atoms with E-state index >= 15 is 0 Å². The number of piperazine rings is 1. The van der Waals surface area contributed by atoms with Crippen LogP contribution in [0, 0.1) is 0 Å². The van der Waals surface area contributed by atoms with Gasteiger partial charge in [-0.1, -0.05) is 0 Å². The lowest BCUT2D eigenvalue weighted by atomic mass is 10.1. The van der Waals surface area contributed by atoms with Crippen molar-refractivity contribution < 1.29 is 9.59 Å². The highest BCUT2D eigenvalue weighted by Gasteiger charge is 2.25. The summed E-state index contributed by atoms with van der Waals surface area (Å²) in [7, 11) is 5.19. The van der Waals surface area contributed by atoms with Gasteiger partial charge in [-0.15, -0.1) is 0 Å². The number of likely N-dealkylation sites (N-methyl/N-ethyl adjacent to an activating group) is 1. The average Bonchev–Trinajstić information content (AvgIpc) is 2.41. The van der Waals surface area contributed by atoms with Crippen molar-refractivity contribution in [2.24, 2.45) is 0 Å². The van der Waals surface area contributed by atoms with Gasteiger partial charge in [-0.25, -0.2) is 0 Å². The molecule has 0 aliphatic carbocycles. The van der Waals surface area contributed by atoms with E-state index in [4.69, 9.17) is 5.73 Å². The Kier molecular flexibility index (Phi) is 3.83. The molecule has 2 amide bonds. The van der Waals surface area contributed by atoms with Crippen molar-refractivity contribution in [1.29, 1.82) is 0 Å². The molecular weight excluding hydrogens is 256 g/mol. The Morgan fingerprint density at radius 1 is 1.30 bits per heavy atom. The zero-order chi connectivity index (χ0) is 14.9. The third kappa shape index (κ3) is 2.68. The van der Waals surface area contributed by atoms with Gasteiger partial charge in [0.25, 0.3) is 5.91 Å². The quantitative estimate of drug-likeness (QED) is 0.786. The Morgan fingerprint density at radius 3 is 2.60 bits per heavy atom. The minimum atomic E-state index is -0.0913. The van der Waals surface area contributed by atoms with E-state index in [1.165, 1.54) is 4.90 Å². The number of nitrogens with zero attached hydrogens (tertiary/aromatic N) is 3. The van der Waals surface area contributed by atoms with E-state index in [1.807, 2.05) is 4.90 Å². The molecule has 0 bridgehead atoms. The predicted molar refractivity (Wildman–Crippen MR) is 78.7 cm³/mol. The molecule has 0 saturated carbocycles. The van der Waals surface area contributed by atoms with E-state index in [0.717, 1.165) is 5.69 Å². The van der Waals surface area contributed by atoms with E-state index in [-0.39, 0.29) is 18.4 Å². The Hall–Kier alpha value is -2.24. The monoisotopic (exact) mass is 276 g/mol. The van der Waals surface area contributed by atoms with E-state index < -0.39 is 0 Å². The number of amides is 2. The summed E-state index contributed by atoms with van der Waals surface area (Å²) in [5.41, 5.74) is 7.71. The second-order valence-electron chi connectivity index (χ2n) is 5.21. The molecule has 2 rings (SSSR count). The van der Waals surface area contributed by atoms with Gasteiger partial charge in [0.15, 0.2) is 0 Å². The highest BCUT2D eigenvalue weighted by Crippen LogP contribution is 2.25. The molecule has 1 aliphatic heterocycles. The van der Waals surface area contributed by atoms with Crippen molar-refractivity contribution in [2.75, 3.05) is 51.4 Å². The lowest BCUT2D eigenvalue weighted by molar-refractivity contribution is -0.129. The smallest absolute Gasteiger partial charge is 0.255 e. The Morgan fingerprint density at radius 2 is 2.00 bits per heavy atom. The Labute approximate surface area is 118 Å². The van der Waals surface area contributed by atoms with Gasteiger partial charge in [0, 0.05) is 39.9 Å². The molecule has 0 radical (unpaired) electrons. The summed E-state index contributed by atoms with van der Waals surface area (Å²) in [4.78, 5) is 29.2. The second-order valence-corrected chi connectivity index (χ2v) is 5.21. The van der Waals surface area contributed by atoms with Crippen LogP contribution >= 0.6 is 0 Å². The first-order valence-corrected chi connectivity index (χ1v) is 6.50. The fourth-order valence-electron chi connectivity index (χ4n) is 2.20. The molecule has 1 saturated heterocycles. The molecule has 6 nitrogen and oxygen atoms in total. The molecule has 0 atom stereocenters. The fourth-order valence-corrected chi connectivity index (χ4v) is 2.20. The molecule has 108 valence electrons. The molecule has 1 heterocycles. The zero-order valence-corrected chi connectivity index (χ0v) is 12.1. The minimum Gasteiger partial charge on any atom is -0.399 e. The van der Waals surface area contributed by atoms with Crippen LogP contribution in [0.5, 0.6) is 0 Å². The first-order chi connectivity index (χ1) is 9.40. The van der Waals surface area contributed by atoms with Crippen LogP contribution < -0.4 is 10.6 Å². The van der Waals surface area contributed by atoms with Gasteiger partial charge in [0.2, 0.25) is 5.91 Å². The fraction of sp³-hybridized carbons (Fsp3) is 0.429. The van der Waals surface area contributed by atoms with Crippen LogP contribution in [-0.2, 0) is 4.79 Å². The summed E-state index contributed by atoms with van der Waals surface area (Å²) in [6, 6.07) is 5.18. The lowest BCUT2D eigenvalue weighted by Crippen LogP contribution is -2.49. The van der Waals surface area contributed by atoms with Crippen molar-refractivity contribution >= 4 is 23.2 Å². The number of rotatable bonds is 2. The van der Waals surface area contributed by atoms with E-state index in [1.54, 1.807) is 44.2 Å². The SMILES string of the molecule is CN(C)C(=O)c1ccc(N)cc1N1CCN(C)C(=O)C1. The van der Waals surface area contributed by atoms with Crippen LogP contribution in [0.3, 0.4) is 0 Å².